The molecule has 0 bridgehead atoms. The van der Waals surface area contributed by atoms with Crippen molar-refractivity contribution >= 4 is 63.5 Å². The van der Waals surface area contributed by atoms with Crippen LogP contribution < -0.4 is 0 Å². The molecule has 0 radical (unpaired) electrons. The first-order chi connectivity index (χ1) is 9.63. The molecule has 20 heavy (non-hydrogen) atoms. The fourth-order valence-corrected chi connectivity index (χ4v) is 3.01. The maximum Gasteiger partial charge on any atom is 0.363 e. The van der Waals surface area contributed by atoms with Crippen LogP contribution in [0.15, 0.2) is 45.7 Å². The molecule has 3 nitrogen and oxygen atoms in total. The van der Waals surface area contributed by atoms with Crippen LogP contribution in [0.5, 0.6) is 0 Å². The van der Waals surface area contributed by atoms with Crippen LogP contribution in [0.2, 0.25) is 5.02 Å². The largest absolute Gasteiger partial charge is 0.402 e. The van der Waals surface area contributed by atoms with Gasteiger partial charge in [-0.15, -0.1) is 0 Å². The van der Waals surface area contributed by atoms with Gasteiger partial charge in [-0.1, -0.05) is 11.6 Å². The predicted octanol–water partition coefficient (Wildman–Crippen LogP) is 4.35. The maximum atomic E-state index is 11.8. The Morgan fingerprint density at radius 2 is 2.20 bits per heavy atom. The molecular weight excluding hydrogens is 409 g/mol. The van der Waals surface area contributed by atoms with Crippen molar-refractivity contribution in [2.24, 2.45) is 4.99 Å². The minimum Gasteiger partial charge on any atom is -0.402 e. The van der Waals surface area contributed by atoms with E-state index in [2.05, 4.69) is 27.6 Å². The quantitative estimate of drug-likeness (QED) is 0.415. The van der Waals surface area contributed by atoms with Gasteiger partial charge >= 0.3 is 5.97 Å². The van der Waals surface area contributed by atoms with Gasteiger partial charge in [-0.05, 0) is 69.3 Å². The lowest BCUT2D eigenvalue weighted by Crippen LogP contribution is -2.06. The van der Waals surface area contributed by atoms with E-state index in [1.165, 1.54) is 0 Å². The molecule has 1 aliphatic rings. The highest BCUT2D eigenvalue weighted by Gasteiger charge is 2.25. The van der Waals surface area contributed by atoms with Crippen molar-refractivity contribution in [1.82, 2.24) is 0 Å². The van der Waals surface area contributed by atoms with E-state index in [0.717, 1.165) is 9.13 Å². The van der Waals surface area contributed by atoms with Gasteiger partial charge < -0.3 is 4.74 Å². The average molecular weight is 416 g/mol. The van der Waals surface area contributed by atoms with Gasteiger partial charge in [0.15, 0.2) is 5.70 Å². The topological polar surface area (TPSA) is 38.7 Å². The molecule has 0 spiro atoms. The van der Waals surface area contributed by atoms with Crippen molar-refractivity contribution in [2.45, 2.75) is 0 Å². The normalized spacial score (nSPS) is 16.4. The van der Waals surface area contributed by atoms with E-state index >= 15 is 0 Å². The SMILES string of the molecule is O=C1OC(c2cc(I)ccc2Cl)=N/C1=C\c1ccsc1. The second kappa shape index (κ2) is 5.67. The van der Waals surface area contributed by atoms with Gasteiger partial charge in [0.25, 0.3) is 0 Å². The molecule has 1 aliphatic heterocycles. The zero-order chi connectivity index (χ0) is 14.1. The first-order valence-electron chi connectivity index (χ1n) is 5.64. The first-order valence-corrected chi connectivity index (χ1v) is 8.03. The van der Waals surface area contributed by atoms with Crippen LogP contribution >= 0.6 is 45.5 Å². The number of hydrogen-bond acceptors (Lipinski definition) is 4. The van der Waals surface area contributed by atoms with Crippen LogP contribution in [-0.2, 0) is 9.53 Å². The summed E-state index contributed by atoms with van der Waals surface area (Å²) >= 11 is 9.85. The molecule has 0 amide bonds. The number of halogens is 2. The summed E-state index contributed by atoms with van der Waals surface area (Å²) in [5.74, 6) is -0.207. The standard InChI is InChI=1S/C14H7ClINO2S/c15-11-2-1-9(16)6-10(11)13-17-12(14(18)19-13)5-8-3-4-20-7-8/h1-7H/b12-5-. The summed E-state index contributed by atoms with van der Waals surface area (Å²) in [6.45, 7) is 0. The molecule has 6 heteroatoms. The van der Waals surface area contributed by atoms with E-state index < -0.39 is 5.97 Å². The molecule has 2 heterocycles. The van der Waals surface area contributed by atoms with Gasteiger partial charge in [0.2, 0.25) is 5.90 Å². The Bertz CT molecular complexity index is 738. The van der Waals surface area contributed by atoms with Gasteiger partial charge in [0.05, 0.1) is 10.6 Å². The summed E-state index contributed by atoms with van der Waals surface area (Å²) in [4.78, 5) is 16.1. The number of ether oxygens (including phenoxy) is 1. The summed E-state index contributed by atoms with van der Waals surface area (Å²) < 4.78 is 6.20. The summed E-state index contributed by atoms with van der Waals surface area (Å²) in [5.41, 5.74) is 1.84. The van der Waals surface area contributed by atoms with Gasteiger partial charge in [-0.25, -0.2) is 9.79 Å². The highest BCUT2D eigenvalue weighted by atomic mass is 127. The van der Waals surface area contributed by atoms with Crippen LogP contribution in [0.1, 0.15) is 11.1 Å². The maximum absolute atomic E-state index is 11.8. The molecule has 1 aromatic carbocycles. The van der Waals surface area contributed by atoms with Crippen LogP contribution in [0.4, 0.5) is 0 Å². The van der Waals surface area contributed by atoms with Crippen molar-refractivity contribution < 1.29 is 9.53 Å². The van der Waals surface area contributed by atoms with Gasteiger partial charge in [0.1, 0.15) is 0 Å². The number of cyclic esters (lactones) is 1. The first kappa shape index (κ1) is 13.8. The number of thiophene rings is 1. The number of carbonyl (C=O) groups excluding carboxylic acids is 1. The fourth-order valence-electron chi connectivity index (χ4n) is 1.70. The molecule has 0 N–H and O–H groups in total. The van der Waals surface area contributed by atoms with E-state index in [4.69, 9.17) is 16.3 Å². The second-order valence-electron chi connectivity index (χ2n) is 4.02. The molecule has 0 unspecified atom stereocenters. The van der Waals surface area contributed by atoms with E-state index in [9.17, 15) is 4.79 Å². The number of aliphatic imine (C=N–C) groups is 1. The minimum absolute atomic E-state index is 0.250. The molecular formula is C14H7ClINO2S. The predicted molar refractivity (Wildman–Crippen MR) is 89.1 cm³/mol. The van der Waals surface area contributed by atoms with E-state index in [-0.39, 0.29) is 11.6 Å². The summed E-state index contributed by atoms with van der Waals surface area (Å²) in [7, 11) is 0. The van der Waals surface area contributed by atoms with Gasteiger partial charge in [-0.3, -0.25) is 0 Å². The molecule has 0 saturated heterocycles. The lowest BCUT2D eigenvalue weighted by molar-refractivity contribution is -0.129. The van der Waals surface area contributed by atoms with E-state index in [1.807, 2.05) is 29.0 Å². The number of carbonyl (C=O) groups is 1. The highest BCUT2D eigenvalue weighted by Crippen LogP contribution is 2.25. The monoisotopic (exact) mass is 415 g/mol. The van der Waals surface area contributed by atoms with Crippen molar-refractivity contribution in [3.8, 4) is 0 Å². The van der Waals surface area contributed by atoms with Crippen LogP contribution in [-0.4, -0.2) is 11.9 Å². The molecule has 0 fully saturated rings. The number of nitrogens with zero attached hydrogens (tertiary/aromatic N) is 1. The highest BCUT2D eigenvalue weighted by molar-refractivity contribution is 14.1. The lowest BCUT2D eigenvalue weighted by atomic mass is 10.2. The molecule has 0 aliphatic carbocycles. The Morgan fingerprint density at radius 1 is 1.35 bits per heavy atom. The lowest BCUT2D eigenvalue weighted by Gasteiger charge is -2.02. The Hall–Kier alpha value is -1.18. The Balaban J connectivity index is 2.00. The van der Waals surface area contributed by atoms with Crippen molar-refractivity contribution in [2.75, 3.05) is 0 Å². The Morgan fingerprint density at radius 3 is 2.95 bits per heavy atom. The Labute approximate surface area is 138 Å². The zero-order valence-electron chi connectivity index (χ0n) is 9.97. The van der Waals surface area contributed by atoms with Crippen molar-refractivity contribution in [1.29, 1.82) is 0 Å². The second-order valence-corrected chi connectivity index (χ2v) is 6.45. The fraction of sp³-hybridized carbons (Fsp3) is 0. The number of hydrogen-bond donors (Lipinski definition) is 0. The molecule has 2 aromatic rings. The number of benzene rings is 1. The Kier molecular flexibility index (Phi) is 3.91. The van der Waals surface area contributed by atoms with E-state index in [1.54, 1.807) is 23.5 Å². The third-order valence-corrected chi connectivity index (χ3v) is 4.33. The number of esters is 1. The van der Waals surface area contributed by atoms with E-state index in [0.29, 0.717) is 10.6 Å². The molecule has 0 atom stereocenters. The van der Waals surface area contributed by atoms with Gasteiger partial charge in [0, 0.05) is 3.57 Å². The number of rotatable bonds is 2. The summed E-state index contributed by atoms with van der Waals surface area (Å²) in [6, 6.07) is 7.39. The summed E-state index contributed by atoms with van der Waals surface area (Å²) in [6.07, 6.45) is 1.70. The molecule has 0 saturated carbocycles. The molecule has 1 aromatic heterocycles. The average Bonchev–Trinajstić information content (AvgIpc) is 3.04. The zero-order valence-corrected chi connectivity index (χ0v) is 13.7. The van der Waals surface area contributed by atoms with Gasteiger partial charge in [-0.2, -0.15) is 11.3 Å². The third-order valence-electron chi connectivity index (χ3n) is 2.63. The smallest absolute Gasteiger partial charge is 0.363 e. The van der Waals surface area contributed by atoms with Crippen molar-refractivity contribution in [3.05, 3.63) is 60.4 Å². The van der Waals surface area contributed by atoms with Crippen LogP contribution in [0.25, 0.3) is 6.08 Å². The van der Waals surface area contributed by atoms with Crippen molar-refractivity contribution in [3.63, 3.8) is 0 Å². The minimum atomic E-state index is -0.457. The summed E-state index contributed by atoms with van der Waals surface area (Å²) in [5, 5.41) is 4.38. The molecule has 100 valence electrons. The van der Waals surface area contributed by atoms with Crippen LogP contribution in [0.3, 0.4) is 0 Å². The molecule has 3 rings (SSSR count). The third kappa shape index (κ3) is 2.79. The van der Waals surface area contributed by atoms with Crippen LogP contribution in [0, 0.1) is 3.57 Å².